The van der Waals surface area contributed by atoms with Gasteiger partial charge in [0, 0.05) is 18.6 Å². The van der Waals surface area contributed by atoms with Crippen LogP contribution in [0, 0.1) is 11.8 Å². The van der Waals surface area contributed by atoms with E-state index in [0.717, 1.165) is 0 Å². The summed E-state index contributed by atoms with van der Waals surface area (Å²) in [5.74, 6) is 4.22. The van der Waals surface area contributed by atoms with E-state index in [1.807, 2.05) is 0 Å². The highest BCUT2D eigenvalue weighted by molar-refractivity contribution is 9.10. The van der Waals surface area contributed by atoms with Crippen LogP contribution < -0.4 is 4.74 Å². The Bertz CT molecular complexity index is 1140. The van der Waals surface area contributed by atoms with E-state index in [0.29, 0.717) is 33.5 Å². The number of carboxylic acid groups (broad SMARTS) is 1. The van der Waals surface area contributed by atoms with Crippen molar-refractivity contribution >= 4 is 21.9 Å². The normalized spacial score (nSPS) is 13.1. The summed E-state index contributed by atoms with van der Waals surface area (Å²) in [6.45, 7) is 3.51. The van der Waals surface area contributed by atoms with E-state index < -0.39 is 41.1 Å². The van der Waals surface area contributed by atoms with Gasteiger partial charge in [-0.25, -0.2) is 4.79 Å². The molecule has 11 heteroatoms. The van der Waals surface area contributed by atoms with Crippen molar-refractivity contribution in [3.05, 3.63) is 74.8 Å². The third-order valence-corrected chi connectivity index (χ3v) is 5.30. The van der Waals surface area contributed by atoms with E-state index in [1.54, 1.807) is 25.1 Å². The van der Waals surface area contributed by atoms with E-state index in [4.69, 9.17) is 9.47 Å². The molecule has 0 radical (unpaired) electrons. The van der Waals surface area contributed by atoms with Crippen molar-refractivity contribution in [1.29, 1.82) is 0 Å². The van der Waals surface area contributed by atoms with Crippen LogP contribution in [0.4, 0.5) is 26.3 Å². The predicted molar refractivity (Wildman–Crippen MR) is 123 cm³/mol. The van der Waals surface area contributed by atoms with Gasteiger partial charge in [-0.2, -0.15) is 26.3 Å². The molecular formula is C25H21BrF6O4. The Hall–Kier alpha value is -2.97. The molecule has 2 aromatic rings. The van der Waals surface area contributed by atoms with Crippen LogP contribution in [0.2, 0.25) is 0 Å². The SMILES string of the molecule is CCO[C@@H](Cc1ccc(OC/C=C(\C)C#Cc2cc(C(F)(F)F)cc(C(F)(F)F)c2)c(Br)c1)C(=O)O. The molecule has 0 aliphatic heterocycles. The average molecular weight is 579 g/mol. The predicted octanol–water partition coefficient (Wildman–Crippen LogP) is 6.90. The van der Waals surface area contributed by atoms with Gasteiger partial charge >= 0.3 is 18.3 Å². The number of rotatable bonds is 8. The average Bonchev–Trinajstić information content (AvgIpc) is 2.77. The third-order valence-electron chi connectivity index (χ3n) is 4.68. The summed E-state index contributed by atoms with van der Waals surface area (Å²) >= 11 is 3.34. The zero-order valence-electron chi connectivity index (χ0n) is 19.1. The van der Waals surface area contributed by atoms with Crippen LogP contribution in [0.15, 0.2) is 52.5 Å². The first-order valence-electron chi connectivity index (χ1n) is 10.4. The number of halogens is 7. The standard InChI is InChI=1S/C25H21BrF6O4/c1-3-35-22(23(33)34)13-17-6-7-21(20(26)12-17)36-9-8-15(2)4-5-16-10-18(24(27,28)29)14-19(11-16)25(30,31)32/h6-8,10-12,14,22H,3,9,13H2,1-2H3,(H,33,34)/b15-8+/t22-/m0/s1. The van der Waals surface area contributed by atoms with Crippen molar-refractivity contribution in [3.63, 3.8) is 0 Å². The maximum absolute atomic E-state index is 13.0. The first-order valence-corrected chi connectivity index (χ1v) is 11.2. The zero-order valence-corrected chi connectivity index (χ0v) is 20.6. The molecule has 0 spiro atoms. The van der Waals surface area contributed by atoms with Crippen molar-refractivity contribution in [3.8, 4) is 17.6 Å². The Morgan fingerprint density at radius 1 is 1.08 bits per heavy atom. The second-order valence-electron chi connectivity index (χ2n) is 7.49. The van der Waals surface area contributed by atoms with Gasteiger partial charge in [0.25, 0.3) is 0 Å². The first kappa shape index (κ1) is 29.3. The summed E-state index contributed by atoms with van der Waals surface area (Å²) in [7, 11) is 0. The molecule has 36 heavy (non-hydrogen) atoms. The highest BCUT2D eigenvalue weighted by atomic mass is 79.9. The number of benzene rings is 2. The minimum Gasteiger partial charge on any atom is -0.488 e. The first-order chi connectivity index (χ1) is 16.7. The molecule has 0 heterocycles. The van der Waals surface area contributed by atoms with Crippen LogP contribution in [-0.2, 0) is 28.3 Å². The summed E-state index contributed by atoms with van der Waals surface area (Å²) in [4.78, 5) is 11.2. The van der Waals surface area contributed by atoms with Gasteiger partial charge < -0.3 is 14.6 Å². The monoisotopic (exact) mass is 578 g/mol. The molecular weight excluding hydrogens is 558 g/mol. The second kappa shape index (κ2) is 12.3. The maximum atomic E-state index is 13.0. The van der Waals surface area contributed by atoms with Crippen LogP contribution in [0.1, 0.15) is 36.1 Å². The molecule has 0 saturated heterocycles. The summed E-state index contributed by atoms with van der Waals surface area (Å²) < 4.78 is 89.2. The van der Waals surface area contributed by atoms with E-state index in [9.17, 15) is 36.2 Å². The molecule has 1 atom stereocenters. The summed E-state index contributed by atoms with van der Waals surface area (Å²) in [5.41, 5.74) is -2.22. The smallest absolute Gasteiger partial charge is 0.416 e. The molecule has 4 nitrogen and oxygen atoms in total. The molecule has 0 amide bonds. The van der Waals surface area contributed by atoms with E-state index in [1.165, 1.54) is 13.0 Å². The third kappa shape index (κ3) is 8.91. The molecule has 0 aromatic heterocycles. The molecule has 0 aliphatic rings. The molecule has 1 N–H and O–H groups in total. The van der Waals surface area contributed by atoms with Crippen LogP contribution in [0.5, 0.6) is 5.75 Å². The lowest BCUT2D eigenvalue weighted by Crippen LogP contribution is -2.26. The number of allylic oxidation sites excluding steroid dienone is 1. The molecule has 194 valence electrons. The highest BCUT2D eigenvalue weighted by Gasteiger charge is 2.36. The van der Waals surface area contributed by atoms with Crippen molar-refractivity contribution < 1.29 is 45.7 Å². The van der Waals surface area contributed by atoms with E-state index >= 15 is 0 Å². The number of hydrogen-bond acceptors (Lipinski definition) is 3. The van der Waals surface area contributed by atoms with Crippen LogP contribution in [0.25, 0.3) is 0 Å². The van der Waals surface area contributed by atoms with Crippen molar-refractivity contribution in [2.45, 2.75) is 38.7 Å². The van der Waals surface area contributed by atoms with Crippen LogP contribution >= 0.6 is 15.9 Å². The molecule has 2 aromatic carbocycles. The topological polar surface area (TPSA) is 55.8 Å². The maximum Gasteiger partial charge on any atom is 0.416 e. The Kier molecular flexibility index (Phi) is 10.0. The minimum absolute atomic E-state index is 0.0194. The lowest BCUT2D eigenvalue weighted by atomic mass is 10.0. The Morgan fingerprint density at radius 3 is 2.19 bits per heavy atom. The number of hydrogen-bond donors (Lipinski definition) is 1. The van der Waals surface area contributed by atoms with Crippen molar-refractivity contribution in [2.24, 2.45) is 0 Å². The van der Waals surface area contributed by atoms with Crippen LogP contribution in [0.3, 0.4) is 0 Å². The van der Waals surface area contributed by atoms with Gasteiger partial charge in [0.1, 0.15) is 12.4 Å². The quantitative estimate of drug-likeness (QED) is 0.273. The molecule has 0 aliphatic carbocycles. The number of aliphatic carboxylic acids is 1. The fraction of sp³-hybridized carbons (Fsp3) is 0.320. The van der Waals surface area contributed by atoms with Gasteiger partial charge in [0.05, 0.1) is 15.6 Å². The van der Waals surface area contributed by atoms with Gasteiger partial charge in [0.15, 0.2) is 6.10 Å². The summed E-state index contributed by atoms with van der Waals surface area (Å²) in [6.07, 6.45) is -9.21. The number of ether oxygens (including phenoxy) is 2. The molecule has 0 fully saturated rings. The van der Waals surface area contributed by atoms with Gasteiger partial charge in [-0.15, -0.1) is 0 Å². The number of carbonyl (C=O) groups is 1. The molecule has 0 bridgehead atoms. The Balaban J connectivity index is 2.11. The summed E-state index contributed by atoms with van der Waals surface area (Å²) in [6, 6.07) is 6.16. The second-order valence-corrected chi connectivity index (χ2v) is 8.35. The molecule has 2 rings (SSSR count). The van der Waals surface area contributed by atoms with Crippen LogP contribution in [-0.4, -0.2) is 30.4 Å². The lowest BCUT2D eigenvalue weighted by Gasteiger charge is -2.13. The van der Waals surface area contributed by atoms with E-state index in [2.05, 4.69) is 27.8 Å². The number of alkyl halides is 6. The largest absolute Gasteiger partial charge is 0.488 e. The van der Waals surface area contributed by atoms with Gasteiger partial charge in [0.2, 0.25) is 0 Å². The van der Waals surface area contributed by atoms with Gasteiger partial charge in [-0.3, -0.25) is 0 Å². The van der Waals surface area contributed by atoms with Gasteiger partial charge in [-0.05, 0) is 77.3 Å². The fourth-order valence-corrected chi connectivity index (χ4v) is 3.47. The van der Waals surface area contributed by atoms with E-state index in [-0.39, 0.29) is 25.7 Å². The Morgan fingerprint density at radius 2 is 1.69 bits per heavy atom. The minimum atomic E-state index is -4.95. The zero-order chi connectivity index (χ0) is 27.1. The lowest BCUT2D eigenvalue weighted by molar-refractivity contribution is -0.150. The fourth-order valence-electron chi connectivity index (χ4n) is 2.93. The van der Waals surface area contributed by atoms with Crippen molar-refractivity contribution in [1.82, 2.24) is 0 Å². The number of carboxylic acids is 1. The molecule has 0 unspecified atom stereocenters. The Labute approximate surface area is 212 Å². The van der Waals surface area contributed by atoms with Crippen molar-refractivity contribution in [2.75, 3.05) is 13.2 Å². The van der Waals surface area contributed by atoms with Gasteiger partial charge in [-0.1, -0.05) is 17.9 Å². The molecule has 0 saturated carbocycles. The summed E-state index contributed by atoms with van der Waals surface area (Å²) in [5, 5.41) is 9.19. The highest BCUT2D eigenvalue weighted by Crippen LogP contribution is 2.36.